The van der Waals surface area contributed by atoms with Crippen LogP contribution in [0.2, 0.25) is 0 Å². The minimum absolute atomic E-state index is 0.264. The van der Waals surface area contributed by atoms with Crippen LogP contribution in [0.4, 0.5) is 4.39 Å². The van der Waals surface area contributed by atoms with Gasteiger partial charge in [0.2, 0.25) is 10.0 Å². The largest absolute Gasteiger partial charge is 0.337 e. The summed E-state index contributed by atoms with van der Waals surface area (Å²) in [6.45, 7) is 1.48. The van der Waals surface area contributed by atoms with E-state index in [9.17, 15) is 17.6 Å². The maximum Gasteiger partial charge on any atom is 0.254 e. The quantitative estimate of drug-likeness (QED) is 0.816. The monoisotopic (exact) mass is 300 g/mol. The van der Waals surface area contributed by atoms with Crippen molar-refractivity contribution in [2.24, 2.45) is 0 Å². The second kappa shape index (κ2) is 5.88. The van der Waals surface area contributed by atoms with E-state index in [2.05, 4.69) is 0 Å². The summed E-state index contributed by atoms with van der Waals surface area (Å²) in [5.74, 6) is -0.719. The van der Waals surface area contributed by atoms with E-state index in [1.807, 2.05) is 0 Å². The Morgan fingerprint density at radius 2 is 1.95 bits per heavy atom. The maximum absolute atomic E-state index is 13.1. The number of hydrogen-bond acceptors (Lipinski definition) is 3. The van der Waals surface area contributed by atoms with Crippen molar-refractivity contribution < 1.29 is 17.6 Å². The fourth-order valence-electron chi connectivity index (χ4n) is 2.23. The highest BCUT2D eigenvalue weighted by Gasteiger charge is 2.24. The zero-order valence-corrected chi connectivity index (χ0v) is 12.1. The molecular formula is C13H17FN2O3S. The van der Waals surface area contributed by atoms with Gasteiger partial charge < -0.3 is 4.90 Å². The molecule has 0 atom stereocenters. The average Bonchev–Trinajstić information content (AvgIpc) is 2.63. The molecule has 1 amide bonds. The lowest BCUT2D eigenvalue weighted by Crippen LogP contribution is -2.36. The molecule has 110 valence electrons. The topological polar surface area (TPSA) is 57.7 Å². The lowest BCUT2D eigenvalue weighted by Gasteiger charge is -2.21. The fraction of sp³-hybridized carbons (Fsp3) is 0.462. The molecular weight excluding hydrogens is 283 g/mol. The van der Waals surface area contributed by atoms with Crippen LogP contribution < -0.4 is 0 Å². The van der Waals surface area contributed by atoms with E-state index in [1.165, 1.54) is 22.5 Å². The normalized spacial score (nSPS) is 17.8. The molecule has 0 bridgehead atoms. The summed E-state index contributed by atoms with van der Waals surface area (Å²) in [6.07, 6.45) is 1.74. The third kappa shape index (κ3) is 3.55. The molecule has 2 rings (SSSR count). The van der Waals surface area contributed by atoms with Gasteiger partial charge in [0.05, 0.1) is 6.26 Å². The van der Waals surface area contributed by atoms with E-state index in [4.69, 9.17) is 0 Å². The first kappa shape index (κ1) is 14.9. The van der Waals surface area contributed by atoms with Crippen LogP contribution in [0.15, 0.2) is 24.3 Å². The molecule has 1 aromatic rings. The zero-order valence-electron chi connectivity index (χ0n) is 11.3. The highest BCUT2D eigenvalue weighted by Crippen LogP contribution is 2.12. The first-order chi connectivity index (χ1) is 9.38. The van der Waals surface area contributed by atoms with Crippen molar-refractivity contribution in [2.45, 2.75) is 6.42 Å². The summed E-state index contributed by atoms with van der Waals surface area (Å²) < 4.78 is 37.5. The van der Waals surface area contributed by atoms with Gasteiger partial charge in [0, 0.05) is 31.7 Å². The Hall–Kier alpha value is -1.47. The first-order valence-corrected chi connectivity index (χ1v) is 8.23. The van der Waals surface area contributed by atoms with E-state index in [1.54, 1.807) is 11.0 Å². The molecule has 1 aliphatic rings. The molecule has 5 nitrogen and oxygen atoms in total. The molecule has 0 N–H and O–H groups in total. The minimum atomic E-state index is -3.23. The molecule has 0 aromatic heterocycles. The Morgan fingerprint density at radius 3 is 2.60 bits per heavy atom. The van der Waals surface area contributed by atoms with Gasteiger partial charge in [0.1, 0.15) is 5.82 Å². The summed E-state index contributed by atoms with van der Waals surface area (Å²) >= 11 is 0. The molecule has 1 aliphatic heterocycles. The number of nitrogens with zero attached hydrogens (tertiary/aromatic N) is 2. The number of halogens is 1. The van der Waals surface area contributed by atoms with Crippen LogP contribution in [0.5, 0.6) is 0 Å². The van der Waals surface area contributed by atoms with Crippen LogP contribution in [0.25, 0.3) is 0 Å². The Labute approximate surface area is 118 Å². The third-order valence-corrected chi connectivity index (χ3v) is 4.59. The SMILES string of the molecule is CS(=O)(=O)N1CCCN(C(=O)c2cccc(F)c2)CC1. The van der Waals surface area contributed by atoms with Crippen molar-refractivity contribution in [3.05, 3.63) is 35.6 Å². The van der Waals surface area contributed by atoms with Crippen LogP contribution in [-0.4, -0.2) is 56.0 Å². The number of rotatable bonds is 2. The smallest absolute Gasteiger partial charge is 0.254 e. The minimum Gasteiger partial charge on any atom is -0.337 e. The third-order valence-electron chi connectivity index (χ3n) is 3.28. The lowest BCUT2D eigenvalue weighted by atomic mass is 10.2. The number of benzene rings is 1. The molecule has 20 heavy (non-hydrogen) atoms. The van der Waals surface area contributed by atoms with Gasteiger partial charge in [-0.2, -0.15) is 0 Å². The van der Waals surface area contributed by atoms with Gasteiger partial charge in [0.15, 0.2) is 0 Å². The number of carbonyl (C=O) groups excluding carboxylic acids is 1. The highest BCUT2D eigenvalue weighted by atomic mass is 32.2. The Kier molecular flexibility index (Phi) is 4.39. The fourth-order valence-corrected chi connectivity index (χ4v) is 3.11. The van der Waals surface area contributed by atoms with E-state index in [0.717, 1.165) is 6.26 Å². The van der Waals surface area contributed by atoms with Crippen molar-refractivity contribution in [3.63, 3.8) is 0 Å². The van der Waals surface area contributed by atoms with Gasteiger partial charge in [0.25, 0.3) is 5.91 Å². The predicted octanol–water partition coefficient (Wildman–Crippen LogP) is 0.933. The standard InChI is InChI=1S/C13H17FN2O3S/c1-20(18,19)16-7-3-6-15(8-9-16)13(17)11-4-2-5-12(14)10-11/h2,4-5,10H,3,6-9H2,1H3. The number of sulfonamides is 1. The van der Waals surface area contributed by atoms with Crippen LogP contribution in [0.3, 0.4) is 0 Å². The molecule has 1 aromatic carbocycles. The Bertz CT molecular complexity index is 603. The van der Waals surface area contributed by atoms with Gasteiger partial charge in [-0.05, 0) is 24.6 Å². The molecule has 0 unspecified atom stereocenters. The van der Waals surface area contributed by atoms with Crippen molar-refractivity contribution in [1.29, 1.82) is 0 Å². The molecule has 1 fully saturated rings. The van der Waals surface area contributed by atoms with Gasteiger partial charge in [-0.1, -0.05) is 6.07 Å². The van der Waals surface area contributed by atoms with Crippen LogP contribution in [0.1, 0.15) is 16.8 Å². The summed E-state index contributed by atoms with van der Waals surface area (Å²) in [7, 11) is -3.23. The van der Waals surface area contributed by atoms with Crippen molar-refractivity contribution in [1.82, 2.24) is 9.21 Å². The summed E-state index contributed by atoms with van der Waals surface area (Å²) in [4.78, 5) is 13.8. The zero-order chi connectivity index (χ0) is 14.8. The Balaban J connectivity index is 2.09. The first-order valence-electron chi connectivity index (χ1n) is 6.38. The Morgan fingerprint density at radius 1 is 1.20 bits per heavy atom. The predicted molar refractivity (Wildman–Crippen MR) is 73.3 cm³/mol. The van der Waals surface area contributed by atoms with Crippen molar-refractivity contribution in [3.8, 4) is 0 Å². The molecule has 1 saturated heterocycles. The number of carbonyl (C=O) groups is 1. The van der Waals surface area contributed by atoms with Crippen molar-refractivity contribution in [2.75, 3.05) is 32.4 Å². The molecule has 7 heteroatoms. The molecule has 0 spiro atoms. The van der Waals surface area contributed by atoms with E-state index in [0.29, 0.717) is 26.1 Å². The maximum atomic E-state index is 13.1. The van der Waals surface area contributed by atoms with E-state index in [-0.39, 0.29) is 18.0 Å². The summed E-state index contributed by atoms with van der Waals surface area (Å²) in [5, 5.41) is 0. The molecule has 0 saturated carbocycles. The molecule has 0 radical (unpaired) electrons. The van der Waals surface area contributed by atoms with Gasteiger partial charge in [-0.3, -0.25) is 4.79 Å². The van der Waals surface area contributed by atoms with Crippen LogP contribution >= 0.6 is 0 Å². The lowest BCUT2D eigenvalue weighted by molar-refractivity contribution is 0.0764. The summed E-state index contributed by atoms with van der Waals surface area (Å²) in [6, 6.07) is 5.53. The number of hydrogen-bond donors (Lipinski definition) is 0. The molecule has 1 heterocycles. The van der Waals surface area contributed by atoms with Crippen LogP contribution in [-0.2, 0) is 10.0 Å². The van der Waals surface area contributed by atoms with E-state index < -0.39 is 15.8 Å². The summed E-state index contributed by atoms with van der Waals surface area (Å²) in [5.41, 5.74) is 0.290. The van der Waals surface area contributed by atoms with Gasteiger partial charge in [-0.25, -0.2) is 17.1 Å². The number of amides is 1. The van der Waals surface area contributed by atoms with Gasteiger partial charge in [-0.15, -0.1) is 0 Å². The highest BCUT2D eigenvalue weighted by molar-refractivity contribution is 7.88. The molecule has 0 aliphatic carbocycles. The average molecular weight is 300 g/mol. The van der Waals surface area contributed by atoms with E-state index >= 15 is 0 Å². The van der Waals surface area contributed by atoms with Gasteiger partial charge >= 0.3 is 0 Å². The second-order valence-corrected chi connectivity index (χ2v) is 6.80. The van der Waals surface area contributed by atoms with Crippen LogP contribution in [0, 0.1) is 5.82 Å². The van der Waals surface area contributed by atoms with Crippen molar-refractivity contribution >= 4 is 15.9 Å². The second-order valence-electron chi connectivity index (χ2n) is 4.82.